The van der Waals surface area contributed by atoms with E-state index in [1.165, 1.54) is 7.11 Å². The van der Waals surface area contributed by atoms with Gasteiger partial charge in [-0.2, -0.15) is 0 Å². The maximum absolute atomic E-state index is 11.0. The minimum Gasteiger partial charge on any atom is -0.480 e. The van der Waals surface area contributed by atoms with E-state index in [2.05, 4.69) is 0 Å². The maximum atomic E-state index is 11.0. The summed E-state index contributed by atoms with van der Waals surface area (Å²) in [6.07, 6.45) is 1.73. The van der Waals surface area contributed by atoms with Crippen molar-refractivity contribution in [3.63, 3.8) is 0 Å². The predicted molar refractivity (Wildman–Crippen MR) is 54.7 cm³/mol. The molecule has 0 aromatic carbocycles. The number of piperidine rings is 1. The Morgan fingerprint density at radius 3 is 2.53 bits per heavy atom. The quantitative estimate of drug-likeness (QED) is 0.667. The molecule has 0 aromatic heterocycles. The molecule has 0 bridgehead atoms. The molecular formula is C10H19NO4. The van der Waals surface area contributed by atoms with Gasteiger partial charge >= 0.3 is 5.97 Å². The number of carboxylic acid groups (broad SMARTS) is 1. The third-order valence-corrected chi connectivity index (χ3v) is 2.96. The van der Waals surface area contributed by atoms with Gasteiger partial charge in [0, 0.05) is 13.7 Å². The van der Waals surface area contributed by atoms with Crippen molar-refractivity contribution in [3.8, 4) is 0 Å². The second kappa shape index (κ2) is 6.05. The van der Waals surface area contributed by atoms with Crippen LogP contribution in [0.25, 0.3) is 0 Å². The number of likely N-dealkylation sites (tertiary alicyclic amines) is 1. The number of carbonyl (C=O) groups is 1. The molecule has 0 amide bonds. The summed E-state index contributed by atoms with van der Waals surface area (Å²) in [6.45, 7) is 1.88. The van der Waals surface area contributed by atoms with Crippen LogP contribution in [0.1, 0.15) is 12.8 Å². The topological polar surface area (TPSA) is 70.0 Å². The van der Waals surface area contributed by atoms with Crippen LogP contribution in [0, 0.1) is 5.92 Å². The van der Waals surface area contributed by atoms with Crippen LogP contribution >= 0.6 is 0 Å². The molecule has 5 heteroatoms. The van der Waals surface area contributed by atoms with Crippen LogP contribution in [0.3, 0.4) is 0 Å². The van der Waals surface area contributed by atoms with Crippen molar-refractivity contribution in [3.05, 3.63) is 0 Å². The van der Waals surface area contributed by atoms with E-state index in [-0.39, 0.29) is 13.2 Å². The normalized spacial score (nSPS) is 21.5. The molecule has 1 atom stereocenters. The van der Waals surface area contributed by atoms with Gasteiger partial charge in [0.25, 0.3) is 0 Å². The minimum absolute atomic E-state index is 0.204. The fourth-order valence-corrected chi connectivity index (χ4v) is 1.94. The standard InChI is InChI=1S/C10H19NO4/c1-15-7-9(10(13)14)11-4-2-8(6-12)3-5-11/h8-9,12H,2-7H2,1H3,(H,13,14). The molecule has 5 nitrogen and oxygen atoms in total. The van der Waals surface area contributed by atoms with Gasteiger partial charge in [0.2, 0.25) is 0 Å². The first-order valence-corrected chi connectivity index (χ1v) is 5.25. The molecule has 1 saturated heterocycles. The second-order valence-corrected chi connectivity index (χ2v) is 3.97. The van der Waals surface area contributed by atoms with E-state index >= 15 is 0 Å². The zero-order chi connectivity index (χ0) is 11.3. The number of ether oxygens (including phenoxy) is 1. The fraction of sp³-hybridized carbons (Fsp3) is 0.900. The van der Waals surface area contributed by atoms with Crippen molar-refractivity contribution >= 4 is 5.97 Å². The number of aliphatic carboxylic acids is 1. The lowest BCUT2D eigenvalue weighted by Gasteiger charge is -2.34. The van der Waals surface area contributed by atoms with Crippen molar-refractivity contribution in [2.75, 3.05) is 33.4 Å². The van der Waals surface area contributed by atoms with Crippen LogP contribution in [0.4, 0.5) is 0 Å². The number of nitrogens with zero attached hydrogens (tertiary/aromatic N) is 1. The predicted octanol–water partition coefficient (Wildman–Crippen LogP) is -0.210. The third-order valence-electron chi connectivity index (χ3n) is 2.96. The van der Waals surface area contributed by atoms with E-state index in [0.717, 1.165) is 25.9 Å². The molecule has 1 aliphatic rings. The lowest BCUT2D eigenvalue weighted by molar-refractivity contribution is -0.146. The summed E-state index contributed by atoms with van der Waals surface area (Å²) in [7, 11) is 1.51. The van der Waals surface area contributed by atoms with Crippen LogP contribution in [0.2, 0.25) is 0 Å². The minimum atomic E-state index is -0.834. The highest BCUT2D eigenvalue weighted by molar-refractivity contribution is 5.73. The first kappa shape index (κ1) is 12.4. The van der Waals surface area contributed by atoms with Gasteiger partial charge in [0.1, 0.15) is 6.04 Å². The van der Waals surface area contributed by atoms with E-state index in [1.807, 2.05) is 4.90 Å². The number of carboxylic acids is 1. The molecule has 0 aromatic rings. The largest absolute Gasteiger partial charge is 0.480 e. The summed E-state index contributed by atoms with van der Waals surface area (Å²) in [5.41, 5.74) is 0. The van der Waals surface area contributed by atoms with Crippen molar-refractivity contribution in [1.82, 2.24) is 4.90 Å². The van der Waals surface area contributed by atoms with Crippen LogP contribution in [0.5, 0.6) is 0 Å². The maximum Gasteiger partial charge on any atom is 0.323 e. The molecule has 1 fully saturated rings. The number of aliphatic hydroxyl groups is 1. The number of methoxy groups -OCH3 is 1. The van der Waals surface area contributed by atoms with Gasteiger partial charge in [-0.3, -0.25) is 9.69 Å². The van der Waals surface area contributed by atoms with Gasteiger partial charge in [-0.15, -0.1) is 0 Å². The molecule has 0 spiro atoms. The molecule has 15 heavy (non-hydrogen) atoms. The number of hydrogen-bond donors (Lipinski definition) is 2. The van der Waals surface area contributed by atoms with Crippen LogP contribution < -0.4 is 0 Å². The van der Waals surface area contributed by atoms with E-state index in [1.54, 1.807) is 0 Å². The fourth-order valence-electron chi connectivity index (χ4n) is 1.94. The first-order chi connectivity index (χ1) is 7.19. The molecule has 1 rings (SSSR count). The summed E-state index contributed by atoms with van der Waals surface area (Å²) in [5.74, 6) is -0.502. The Morgan fingerprint density at radius 2 is 2.13 bits per heavy atom. The van der Waals surface area contributed by atoms with Crippen molar-refractivity contribution in [2.24, 2.45) is 5.92 Å². The molecule has 2 N–H and O–H groups in total. The Balaban J connectivity index is 2.45. The summed E-state index contributed by atoms with van der Waals surface area (Å²) in [4.78, 5) is 12.9. The molecule has 0 saturated carbocycles. The van der Waals surface area contributed by atoms with Gasteiger partial charge in [-0.25, -0.2) is 0 Å². The zero-order valence-corrected chi connectivity index (χ0v) is 9.06. The molecule has 1 aliphatic heterocycles. The monoisotopic (exact) mass is 217 g/mol. The zero-order valence-electron chi connectivity index (χ0n) is 9.06. The lowest BCUT2D eigenvalue weighted by atomic mass is 9.97. The number of rotatable bonds is 5. The third kappa shape index (κ3) is 3.44. The second-order valence-electron chi connectivity index (χ2n) is 3.97. The summed E-state index contributed by atoms with van der Waals surface area (Å²) >= 11 is 0. The summed E-state index contributed by atoms with van der Waals surface area (Å²) < 4.78 is 4.90. The molecule has 1 heterocycles. The highest BCUT2D eigenvalue weighted by Gasteiger charge is 2.29. The van der Waals surface area contributed by atoms with Crippen LogP contribution in [-0.2, 0) is 9.53 Å². The SMILES string of the molecule is COCC(C(=O)O)N1CCC(CO)CC1. The Hall–Kier alpha value is -0.650. The van der Waals surface area contributed by atoms with Gasteiger partial charge < -0.3 is 14.9 Å². The smallest absolute Gasteiger partial charge is 0.323 e. The summed E-state index contributed by atoms with van der Waals surface area (Å²) in [5, 5.41) is 18.0. The molecular weight excluding hydrogens is 198 g/mol. The highest BCUT2D eigenvalue weighted by atomic mass is 16.5. The van der Waals surface area contributed by atoms with E-state index in [4.69, 9.17) is 14.9 Å². The first-order valence-electron chi connectivity index (χ1n) is 5.25. The summed E-state index contributed by atoms with van der Waals surface area (Å²) in [6, 6.07) is -0.547. The number of aliphatic hydroxyl groups excluding tert-OH is 1. The Kier molecular flexibility index (Phi) is 5.01. The molecule has 0 aliphatic carbocycles. The van der Waals surface area contributed by atoms with Crippen molar-refractivity contribution in [1.29, 1.82) is 0 Å². The van der Waals surface area contributed by atoms with Crippen LogP contribution in [0.15, 0.2) is 0 Å². The average molecular weight is 217 g/mol. The van der Waals surface area contributed by atoms with Crippen LogP contribution in [-0.4, -0.2) is 60.5 Å². The molecule has 1 unspecified atom stereocenters. The van der Waals surface area contributed by atoms with Gasteiger partial charge in [0.15, 0.2) is 0 Å². The van der Waals surface area contributed by atoms with Gasteiger partial charge in [-0.05, 0) is 31.8 Å². The van der Waals surface area contributed by atoms with Crippen molar-refractivity contribution < 1.29 is 19.7 Å². The number of hydrogen-bond acceptors (Lipinski definition) is 4. The Bertz CT molecular complexity index is 202. The Labute approximate surface area is 89.6 Å². The Morgan fingerprint density at radius 1 is 1.53 bits per heavy atom. The average Bonchev–Trinajstić information content (AvgIpc) is 2.26. The lowest BCUT2D eigenvalue weighted by Crippen LogP contribution is -2.48. The van der Waals surface area contributed by atoms with E-state index in [0.29, 0.717) is 5.92 Å². The highest BCUT2D eigenvalue weighted by Crippen LogP contribution is 2.18. The van der Waals surface area contributed by atoms with Crippen molar-refractivity contribution in [2.45, 2.75) is 18.9 Å². The van der Waals surface area contributed by atoms with E-state index in [9.17, 15) is 4.79 Å². The van der Waals surface area contributed by atoms with Gasteiger partial charge in [0.05, 0.1) is 6.61 Å². The van der Waals surface area contributed by atoms with E-state index < -0.39 is 12.0 Å². The van der Waals surface area contributed by atoms with Gasteiger partial charge in [-0.1, -0.05) is 0 Å². The molecule has 88 valence electrons. The molecule has 0 radical (unpaired) electrons.